The molecule has 1 aliphatic heterocycles. The largest absolute Gasteiger partial charge is 0.349 e. The van der Waals surface area contributed by atoms with Crippen molar-refractivity contribution in [1.82, 2.24) is 10.2 Å². The summed E-state index contributed by atoms with van der Waals surface area (Å²) in [6.45, 7) is 1.90. The van der Waals surface area contributed by atoms with Gasteiger partial charge >= 0.3 is 0 Å². The summed E-state index contributed by atoms with van der Waals surface area (Å²) in [7, 11) is 0. The Kier molecular flexibility index (Phi) is 5.57. The first-order valence-electron chi connectivity index (χ1n) is 6.53. The van der Waals surface area contributed by atoms with Crippen LogP contribution in [0, 0.1) is 3.57 Å². The fraction of sp³-hybridized carbons (Fsp3) is 0.429. The number of thiocarbonyl (C=S) groups is 1. The zero-order valence-corrected chi connectivity index (χ0v) is 13.7. The minimum Gasteiger partial charge on any atom is -0.349 e. The maximum absolute atomic E-state index is 12.2. The van der Waals surface area contributed by atoms with E-state index in [4.69, 9.17) is 12.2 Å². The number of nitrogens with zero attached hydrogens (tertiary/aromatic N) is 1. The molecule has 2 rings (SSSR count). The summed E-state index contributed by atoms with van der Waals surface area (Å²) in [5, 5.41) is 3.41. The lowest BCUT2D eigenvalue weighted by atomic mass is 10.2. The van der Waals surface area contributed by atoms with Crippen LogP contribution < -0.4 is 5.32 Å². The SMILES string of the molecule is O=C(NC(=S)N1CCCCCC1)c1ccccc1I. The number of amides is 1. The molecule has 102 valence electrons. The molecule has 1 aromatic rings. The van der Waals surface area contributed by atoms with Crippen molar-refractivity contribution in [1.29, 1.82) is 0 Å². The van der Waals surface area contributed by atoms with Crippen molar-refractivity contribution in [3.8, 4) is 0 Å². The Labute approximate surface area is 132 Å². The summed E-state index contributed by atoms with van der Waals surface area (Å²) in [5.74, 6) is -0.112. The van der Waals surface area contributed by atoms with Gasteiger partial charge < -0.3 is 4.90 Å². The quantitative estimate of drug-likeness (QED) is 0.593. The van der Waals surface area contributed by atoms with Gasteiger partial charge in [-0.05, 0) is 59.8 Å². The summed E-state index contributed by atoms with van der Waals surface area (Å²) in [6, 6.07) is 7.53. The molecule has 5 heteroatoms. The molecule has 0 radical (unpaired) electrons. The molecule has 0 saturated carbocycles. The third kappa shape index (κ3) is 4.14. The fourth-order valence-corrected chi connectivity index (χ4v) is 3.07. The number of benzene rings is 1. The molecule has 1 heterocycles. The number of halogens is 1. The van der Waals surface area contributed by atoms with E-state index in [1.165, 1.54) is 12.8 Å². The first-order valence-corrected chi connectivity index (χ1v) is 8.02. The summed E-state index contributed by atoms with van der Waals surface area (Å²) in [6.07, 6.45) is 4.81. The molecular weight excluding hydrogens is 371 g/mol. The lowest BCUT2D eigenvalue weighted by molar-refractivity contribution is 0.0972. The minimum atomic E-state index is -0.112. The third-order valence-electron chi connectivity index (χ3n) is 3.23. The zero-order valence-electron chi connectivity index (χ0n) is 10.7. The van der Waals surface area contributed by atoms with Crippen LogP contribution in [0.15, 0.2) is 24.3 Å². The summed E-state index contributed by atoms with van der Waals surface area (Å²) >= 11 is 7.51. The Bertz CT molecular complexity index is 470. The van der Waals surface area contributed by atoms with Gasteiger partial charge in [0, 0.05) is 16.7 Å². The van der Waals surface area contributed by atoms with Crippen molar-refractivity contribution >= 4 is 45.8 Å². The van der Waals surface area contributed by atoms with Gasteiger partial charge in [-0.3, -0.25) is 10.1 Å². The molecule has 3 nitrogen and oxygen atoms in total. The highest BCUT2D eigenvalue weighted by Gasteiger charge is 2.16. The average molecular weight is 388 g/mol. The van der Waals surface area contributed by atoms with Gasteiger partial charge in [-0.1, -0.05) is 25.0 Å². The molecule has 0 aliphatic carbocycles. The monoisotopic (exact) mass is 388 g/mol. The molecule has 1 aliphatic rings. The standard InChI is InChI=1S/C14H17IN2OS/c15-12-8-4-3-7-11(12)13(18)16-14(19)17-9-5-1-2-6-10-17/h3-4,7-8H,1-2,5-6,9-10H2,(H,16,18,19). The van der Waals surface area contributed by atoms with Crippen molar-refractivity contribution in [3.63, 3.8) is 0 Å². The molecule has 1 fully saturated rings. The Morgan fingerprint density at radius 3 is 2.42 bits per heavy atom. The number of nitrogens with one attached hydrogen (secondary N) is 1. The van der Waals surface area contributed by atoms with E-state index in [1.807, 2.05) is 24.3 Å². The second-order valence-electron chi connectivity index (χ2n) is 4.64. The average Bonchev–Trinajstić information content (AvgIpc) is 2.68. The third-order valence-corrected chi connectivity index (χ3v) is 4.53. The van der Waals surface area contributed by atoms with E-state index in [0.717, 1.165) is 29.5 Å². The number of likely N-dealkylation sites (tertiary alicyclic amines) is 1. The maximum atomic E-state index is 12.2. The van der Waals surface area contributed by atoms with Crippen molar-refractivity contribution in [2.24, 2.45) is 0 Å². The maximum Gasteiger partial charge on any atom is 0.258 e. The van der Waals surface area contributed by atoms with E-state index in [0.29, 0.717) is 10.7 Å². The molecular formula is C14H17IN2OS. The normalized spacial score (nSPS) is 15.7. The molecule has 1 N–H and O–H groups in total. The van der Waals surface area contributed by atoms with Gasteiger partial charge in [-0.2, -0.15) is 0 Å². The molecule has 0 spiro atoms. The molecule has 1 aromatic carbocycles. The van der Waals surface area contributed by atoms with Gasteiger partial charge in [0.1, 0.15) is 0 Å². The molecule has 0 unspecified atom stereocenters. The number of carbonyl (C=O) groups excluding carboxylic acids is 1. The fourth-order valence-electron chi connectivity index (χ4n) is 2.16. The van der Waals surface area contributed by atoms with Crippen molar-refractivity contribution < 1.29 is 4.79 Å². The van der Waals surface area contributed by atoms with Crippen LogP contribution in [0.2, 0.25) is 0 Å². The Morgan fingerprint density at radius 2 is 1.79 bits per heavy atom. The first kappa shape index (κ1) is 14.7. The van der Waals surface area contributed by atoms with Crippen molar-refractivity contribution in [2.75, 3.05) is 13.1 Å². The van der Waals surface area contributed by atoms with E-state index < -0.39 is 0 Å². The molecule has 19 heavy (non-hydrogen) atoms. The molecule has 0 bridgehead atoms. The van der Waals surface area contributed by atoms with Gasteiger partial charge in [-0.15, -0.1) is 0 Å². The van der Waals surface area contributed by atoms with E-state index in [-0.39, 0.29) is 5.91 Å². The number of carbonyl (C=O) groups is 1. The predicted molar refractivity (Wildman–Crippen MR) is 89.3 cm³/mol. The molecule has 0 aromatic heterocycles. The van der Waals surface area contributed by atoms with Crippen LogP contribution in [-0.2, 0) is 0 Å². The summed E-state index contributed by atoms with van der Waals surface area (Å²) < 4.78 is 0.941. The van der Waals surface area contributed by atoms with E-state index in [2.05, 4.69) is 32.8 Å². The van der Waals surface area contributed by atoms with Crippen LogP contribution in [0.1, 0.15) is 36.0 Å². The smallest absolute Gasteiger partial charge is 0.258 e. The van der Waals surface area contributed by atoms with E-state index in [1.54, 1.807) is 0 Å². The second-order valence-corrected chi connectivity index (χ2v) is 6.19. The predicted octanol–water partition coefficient (Wildman–Crippen LogP) is 3.18. The van der Waals surface area contributed by atoms with Gasteiger partial charge in [0.05, 0.1) is 5.56 Å². The van der Waals surface area contributed by atoms with Gasteiger partial charge in [0.25, 0.3) is 5.91 Å². The van der Waals surface area contributed by atoms with E-state index >= 15 is 0 Å². The van der Waals surface area contributed by atoms with Gasteiger partial charge in [0.2, 0.25) is 0 Å². The highest BCUT2D eigenvalue weighted by Crippen LogP contribution is 2.12. The number of rotatable bonds is 1. The zero-order chi connectivity index (χ0) is 13.7. The number of hydrogen-bond acceptors (Lipinski definition) is 2. The first-order chi connectivity index (χ1) is 9.18. The van der Waals surface area contributed by atoms with Gasteiger partial charge in [0.15, 0.2) is 5.11 Å². The molecule has 1 saturated heterocycles. The highest BCUT2D eigenvalue weighted by molar-refractivity contribution is 14.1. The lowest BCUT2D eigenvalue weighted by Gasteiger charge is -2.23. The van der Waals surface area contributed by atoms with Crippen molar-refractivity contribution in [2.45, 2.75) is 25.7 Å². The Morgan fingerprint density at radius 1 is 1.16 bits per heavy atom. The van der Waals surface area contributed by atoms with Crippen LogP contribution in [0.5, 0.6) is 0 Å². The molecule has 0 atom stereocenters. The van der Waals surface area contributed by atoms with Crippen LogP contribution in [0.4, 0.5) is 0 Å². The molecule has 1 amide bonds. The Balaban J connectivity index is 1.98. The summed E-state index contributed by atoms with van der Waals surface area (Å²) in [5.41, 5.74) is 0.681. The van der Waals surface area contributed by atoms with Crippen LogP contribution in [0.3, 0.4) is 0 Å². The second kappa shape index (κ2) is 7.19. The number of hydrogen-bond donors (Lipinski definition) is 1. The highest BCUT2D eigenvalue weighted by atomic mass is 127. The van der Waals surface area contributed by atoms with Crippen molar-refractivity contribution in [3.05, 3.63) is 33.4 Å². The summed E-state index contributed by atoms with van der Waals surface area (Å²) in [4.78, 5) is 14.3. The minimum absolute atomic E-state index is 0.112. The van der Waals surface area contributed by atoms with Crippen LogP contribution in [0.25, 0.3) is 0 Å². The van der Waals surface area contributed by atoms with Crippen LogP contribution >= 0.6 is 34.8 Å². The Hall–Kier alpha value is -0.690. The van der Waals surface area contributed by atoms with Crippen LogP contribution in [-0.4, -0.2) is 29.0 Å². The lowest BCUT2D eigenvalue weighted by Crippen LogP contribution is -2.43. The van der Waals surface area contributed by atoms with Gasteiger partial charge in [-0.25, -0.2) is 0 Å². The van der Waals surface area contributed by atoms with E-state index in [9.17, 15) is 4.79 Å². The topological polar surface area (TPSA) is 32.3 Å².